The maximum Gasteiger partial charge on any atom is 0.171 e. The van der Waals surface area contributed by atoms with Crippen LogP contribution in [0.15, 0.2) is 0 Å². The Morgan fingerprint density at radius 3 is 2.33 bits per heavy atom. The third-order valence-corrected chi connectivity index (χ3v) is 9.37. The second-order valence-corrected chi connectivity index (χ2v) is 10.0. The van der Waals surface area contributed by atoms with E-state index in [0.717, 1.165) is 43.8 Å². The molecule has 3 heteroatoms. The Kier molecular flexibility index (Phi) is 3.49. The first-order valence-electron chi connectivity index (χ1n) is 10.5. The van der Waals surface area contributed by atoms with Crippen LogP contribution in [0.4, 0.5) is 0 Å². The molecule has 4 aliphatic carbocycles. The summed E-state index contributed by atoms with van der Waals surface area (Å²) in [6.45, 7) is 6.52. The summed E-state index contributed by atoms with van der Waals surface area (Å²) in [5, 5.41) is 10.6. The van der Waals surface area contributed by atoms with Crippen LogP contribution in [0.2, 0.25) is 0 Å². The van der Waals surface area contributed by atoms with Crippen LogP contribution in [0.1, 0.15) is 71.6 Å². The van der Waals surface area contributed by atoms with Gasteiger partial charge in [-0.2, -0.15) is 0 Å². The minimum absolute atomic E-state index is 0.0619. The molecule has 1 saturated heterocycles. The van der Waals surface area contributed by atoms with Gasteiger partial charge >= 0.3 is 0 Å². The molecule has 5 aliphatic rings. The van der Waals surface area contributed by atoms with Gasteiger partial charge in [0.15, 0.2) is 5.79 Å². The van der Waals surface area contributed by atoms with Gasteiger partial charge in [-0.05, 0) is 80.0 Å². The average molecular weight is 335 g/mol. The first kappa shape index (κ1) is 16.1. The molecule has 0 bridgehead atoms. The lowest BCUT2D eigenvalue weighted by molar-refractivity contribution is -0.273. The van der Waals surface area contributed by atoms with E-state index in [2.05, 4.69) is 13.8 Å². The fourth-order valence-corrected chi connectivity index (χ4v) is 8.22. The third kappa shape index (κ3) is 1.90. The number of rotatable bonds is 0. The Bertz CT molecular complexity index is 513. The van der Waals surface area contributed by atoms with E-state index in [1.54, 1.807) is 0 Å². The maximum atomic E-state index is 10.6. The van der Waals surface area contributed by atoms with E-state index in [0.29, 0.717) is 11.3 Å². The molecule has 1 N–H and O–H groups in total. The van der Waals surface area contributed by atoms with Crippen LogP contribution in [0.25, 0.3) is 0 Å². The lowest BCUT2D eigenvalue weighted by Gasteiger charge is -2.63. The maximum absolute atomic E-state index is 10.6. The van der Waals surface area contributed by atoms with Crippen molar-refractivity contribution in [3.05, 3.63) is 0 Å². The molecule has 0 aromatic heterocycles. The van der Waals surface area contributed by atoms with E-state index in [1.807, 2.05) is 0 Å². The van der Waals surface area contributed by atoms with Crippen LogP contribution in [0.5, 0.6) is 0 Å². The van der Waals surface area contributed by atoms with Crippen LogP contribution in [-0.2, 0) is 9.47 Å². The molecule has 136 valence electrons. The van der Waals surface area contributed by atoms with E-state index in [9.17, 15) is 5.11 Å². The second-order valence-electron chi connectivity index (χ2n) is 10.0. The summed E-state index contributed by atoms with van der Waals surface area (Å²) in [6.07, 6.45) is 11.0. The van der Waals surface area contributed by atoms with Crippen molar-refractivity contribution in [3.63, 3.8) is 0 Å². The number of hydrogen-bond acceptors (Lipinski definition) is 3. The highest BCUT2D eigenvalue weighted by molar-refractivity contribution is 5.11. The zero-order chi connectivity index (χ0) is 16.6. The summed E-state index contributed by atoms with van der Waals surface area (Å²) in [5.74, 6) is 2.70. The molecule has 7 atom stereocenters. The number of ether oxygens (including phenoxy) is 2. The van der Waals surface area contributed by atoms with Crippen LogP contribution in [0.3, 0.4) is 0 Å². The topological polar surface area (TPSA) is 38.7 Å². The zero-order valence-electron chi connectivity index (χ0n) is 15.4. The van der Waals surface area contributed by atoms with Crippen LogP contribution < -0.4 is 0 Å². The highest BCUT2D eigenvalue weighted by Crippen LogP contribution is 2.68. The van der Waals surface area contributed by atoms with Crippen molar-refractivity contribution in [2.75, 3.05) is 13.2 Å². The first-order chi connectivity index (χ1) is 11.5. The van der Waals surface area contributed by atoms with Crippen molar-refractivity contribution in [1.29, 1.82) is 0 Å². The van der Waals surface area contributed by atoms with Crippen molar-refractivity contribution in [1.82, 2.24) is 0 Å². The largest absolute Gasteiger partial charge is 0.393 e. The molecule has 1 aliphatic heterocycles. The van der Waals surface area contributed by atoms with Gasteiger partial charge in [0.05, 0.1) is 19.3 Å². The van der Waals surface area contributed by atoms with Gasteiger partial charge in [-0.1, -0.05) is 13.8 Å². The lowest BCUT2D eigenvalue weighted by atomic mass is 9.44. The third-order valence-electron chi connectivity index (χ3n) is 9.37. The SMILES string of the molecule is C[C@]12CCCC3(OCCO3)C1CC[C@@H]1C2CC[C@]2(C)C(O)CC[C@@H]12. The van der Waals surface area contributed by atoms with Crippen molar-refractivity contribution in [2.45, 2.75) is 83.5 Å². The monoisotopic (exact) mass is 334 g/mol. The van der Waals surface area contributed by atoms with Crippen LogP contribution in [-0.4, -0.2) is 30.2 Å². The molecule has 0 aromatic carbocycles. The minimum Gasteiger partial charge on any atom is -0.393 e. The van der Waals surface area contributed by atoms with E-state index < -0.39 is 0 Å². The summed E-state index contributed by atoms with van der Waals surface area (Å²) in [6, 6.07) is 0. The lowest BCUT2D eigenvalue weighted by Crippen LogP contribution is -2.60. The Morgan fingerprint density at radius 2 is 1.54 bits per heavy atom. The van der Waals surface area contributed by atoms with E-state index in [-0.39, 0.29) is 17.3 Å². The van der Waals surface area contributed by atoms with Crippen LogP contribution >= 0.6 is 0 Å². The van der Waals surface area contributed by atoms with Crippen LogP contribution in [0, 0.1) is 34.5 Å². The molecule has 0 amide bonds. The normalized spacial score (nSPS) is 55.9. The number of hydrogen-bond donors (Lipinski definition) is 1. The van der Waals surface area contributed by atoms with E-state index in [4.69, 9.17) is 9.47 Å². The number of aliphatic hydroxyl groups excluding tert-OH is 1. The Labute approximate surface area is 146 Å². The molecule has 1 spiro atoms. The van der Waals surface area contributed by atoms with Gasteiger partial charge in [-0.3, -0.25) is 0 Å². The molecule has 1 heterocycles. The molecule has 5 fully saturated rings. The van der Waals surface area contributed by atoms with E-state index in [1.165, 1.54) is 44.9 Å². The molecule has 5 rings (SSSR count). The fourth-order valence-electron chi connectivity index (χ4n) is 8.22. The van der Waals surface area contributed by atoms with Crippen molar-refractivity contribution in [3.8, 4) is 0 Å². The molecule has 0 radical (unpaired) electrons. The summed E-state index contributed by atoms with van der Waals surface area (Å²) in [5.41, 5.74) is 0.567. The summed E-state index contributed by atoms with van der Waals surface area (Å²) in [7, 11) is 0. The quantitative estimate of drug-likeness (QED) is 0.724. The van der Waals surface area contributed by atoms with Crippen molar-refractivity contribution >= 4 is 0 Å². The Morgan fingerprint density at radius 1 is 0.792 bits per heavy atom. The highest BCUT2D eigenvalue weighted by Gasteiger charge is 2.64. The van der Waals surface area contributed by atoms with Gasteiger partial charge in [-0.25, -0.2) is 0 Å². The molecular formula is C21H34O3. The highest BCUT2D eigenvalue weighted by atomic mass is 16.7. The summed E-state index contributed by atoms with van der Waals surface area (Å²) >= 11 is 0. The predicted molar refractivity (Wildman–Crippen MR) is 92.4 cm³/mol. The van der Waals surface area contributed by atoms with Crippen molar-refractivity contribution < 1.29 is 14.6 Å². The standard InChI is InChI=1S/C21H34O3/c1-19-9-3-10-21(23-12-13-24-21)17(19)6-4-14-15-5-7-18(22)20(15,2)11-8-16(14)19/h14-18,22H,3-13H2,1-2H3/t14-,15-,16?,17?,18?,19+,20-/m0/s1. The minimum atomic E-state index is -0.256. The number of aliphatic hydroxyl groups is 1. The Hall–Kier alpha value is -0.120. The van der Waals surface area contributed by atoms with Gasteiger partial charge < -0.3 is 14.6 Å². The molecular weight excluding hydrogens is 300 g/mol. The first-order valence-corrected chi connectivity index (χ1v) is 10.5. The molecule has 0 aromatic rings. The van der Waals surface area contributed by atoms with Gasteiger partial charge in [0, 0.05) is 12.3 Å². The molecule has 24 heavy (non-hydrogen) atoms. The molecule has 3 unspecified atom stereocenters. The number of fused-ring (bicyclic) bond motifs is 6. The smallest absolute Gasteiger partial charge is 0.171 e. The average Bonchev–Trinajstić information content (AvgIpc) is 3.13. The fraction of sp³-hybridized carbons (Fsp3) is 1.00. The molecule has 4 saturated carbocycles. The second kappa shape index (κ2) is 5.20. The van der Waals surface area contributed by atoms with Gasteiger partial charge in [-0.15, -0.1) is 0 Å². The summed E-state index contributed by atoms with van der Waals surface area (Å²) < 4.78 is 12.5. The van der Waals surface area contributed by atoms with Crippen molar-refractivity contribution in [2.24, 2.45) is 34.5 Å². The molecule has 3 nitrogen and oxygen atoms in total. The van der Waals surface area contributed by atoms with Gasteiger partial charge in [0.1, 0.15) is 0 Å². The summed E-state index contributed by atoms with van der Waals surface area (Å²) in [4.78, 5) is 0. The van der Waals surface area contributed by atoms with Gasteiger partial charge in [0.25, 0.3) is 0 Å². The van der Waals surface area contributed by atoms with E-state index >= 15 is 0 Å². The van der Waals surface area contributed by atoms with Gasteiger partial charge in [0.2, 0.25) is 0 Å². The Balaban J connectivity index is 1.48. The zero-order valence-corrected chi connectivity index (χ0v) is 15.4. The predicted octanol–water partition coefficient (Wildman–Crippen LogP) is 4.13.